The Morgan fingerprint density at radius 3 is 2.20 bits per heavy atom. The summed E-state index contributed by atoms with van der Waals surface area (Å²) >= 11 is 5.98. The molecule has 0 nitrogen and oxygen atoms in total. The number of benzene rings is 2. The predicted octanol–water partition coefficient (Wildman–Crippen LogP) is 4.49. The highest BCUT2D eigenvalue weighted by molar-refractivity contribution is 6.30. The summed E-state index contributed by atoms with van der Waals surface area (Å²) in [5, 5.41) is 0.801. The van der Waals surface area contributed by atoms with Crippen molar-refractivity contribution >= 4 is 11.6 Å². The van der Waals surface area contributed by atoms with Gasteiger partial charge in [0.2, 0.25) is 0 Å². The van der Waals surface area contributed by atoms with Crippen molar-refractivity contribution in [3.05, 3.63) is 70.7 Å². The van der Waals surface area contributed by atoms with Crippen molar-refractivity contribution in [2.45, 2.75) is 12.8 Å². The molecule has 1 heteroatoms. The molecule has 0 heterocycles. The van der Waals surface area contributed by atoms with Gasteiger partial charge in [0.05, 0.1) is 0 Å². The van der Waals surface area contributed by atoms with E-state index in [1.807, 2.05) is 24.3 Å². The van der Waals surface area contributed by atoms with E-state index in [0.29, 0.717) is 5.92 Å². The van der Waals surface area contributed by atoms with Crippen LogP contribution >= 0.6 is 11.6 Å². The van der Waals surface area contributed by atoms with Gasteiger partial charge in [-0.05, 0) is 23.3 Å². The maximum absolute atomic E-state index is 5.98. The summed E-state index contributed by atoms with van der Waals surface area (Å²) in [5.41, 5.74) is 2.58. The first kappa shape index (κ1) is 10.3. The molecule has 0 radical (unpaired) electrons. The first-order valence-corrected chi connectivity index (χ1v) is 5.45. The van der Waals surface area contributed by atoms with E-state index in [4.69, 9.17) is 11.6 Å². The van der Waals surface area contributed by atoms with Gasteiger partial charge in [-0.2, -0.15) is 0 Å². The van der Waals surface area contributed by atoms with Gasteiger partial charge in [-0.25, -0.2) is 0 Å². The van der Waals surface area contributed by atoms with E-state index in [9.17, 15) is 0 Å². The summed E-state index contributed by atoms with van der Waals surface area (Å²) in [6, 6.07) is 18.5. The third kappa shape index (κ3) is 2.40. The molecule has 2 aromatic rings. The molecule has 1 unspecified atom stereocenters. The summed E-state index contributed by atoms with van der Waals surface area (Å²) in [6.07, 6.45) is 0. The molecule has 0 aliphatic heterocycles. The van der Waals surface area contributed by atoms with E-state index < -0.39 is 0 Å². The van der Waals surface area contributed by atoms with Crippen LogP contribution in [0.15, 0.2) is 54.6 Å². The Bertz CT molecular complexity index is 434. The molecule has 0 N–H and O–H groups in total. The van der Waals surface area contributed by atoms with E-state index in [0.717, 1.165) is 5.02 Å². The van der Waals surface area contributed by atoms with Crippen molar-refractivity contribution in [3.63, 3.8) is 0 Å². The summed E-state index contributed by atoms with van der Waals surface area (Å²) in [7, 11) is 0. The molecule has 0 saturated heterocycles. The Hall–Kier alpha value is -1.27. The van der Waals surface area contributed by atoms with Gasteiger partial charge >= 0.3 is 0 Å². The average molecular weight is 217 g/mol. The van der Waals surface area contributed by atoms with Crippen molar-refractivity contribution in [2.75, 3.05) is 0 Å². The fraction of sp³-hybridized carbons (Fsp3) is 0.143. The molecule has 0 aliphatic carbocycles. The zero-order chi connectivity index (χ0) is 10.7. The van der Waals surface area contributed by atoms with Gasteiger partial charge < -0.3 is 0 Å². The van der Waals surface area contributed by atoms with Crippen LogP contribution < -0.4 is 0 Å². The van der Waals surface area contributed by atoms with E-state index in [2.05, 4.69) is 37.3 Å². The number of rotatable bonds is 2. The van der Waals surface area contributed by atoms with Crippen LogP contribution in [-0.4, -0.2) is 0 Å². The number of halogens is 1. The second-order valence-corrected chi connectivity index (χ2v) is 4.12. The van der Waals surface area contributed by atoms with Crippen LogP contribution in [0.25, 0.3) is 0 Å². The van der Waals surface area contributed by atoms with Crippen molar-refractivity contribution in [3.8, 4) is 0 Å². The third-order valence-electron chi connectivity index (χ3n) is 2.65. The number of hydrogen-bond acceptors (Lipinski definition) is 0. The molecule has 76 valence electrons. The molecule has 0 amide bonds. The Labute approximate surface area is 95.5 Å². The molecule has 0 spiro atoms. The third-order valence-corrected chi connectivity index (χ3v) is 2.88. The lowest BCUT2D eigenvalue weighted by Gasteiger charge is -2.12. The lowest BCUT2D eigenvalue weighted by molar-refractivity contribution is 0.922. The lowest BCUT2D eigenvalue weighted by Crippen LogP contribution is -1.94. The second kappa shape index (κ2) is 4.50. The smallest absolute Gasteiger partial charge is 0.0408 e. The highest BCUT2D eigenvalue weighted by Gasteiger charge is 2.07. The fourth-order valence-corrected chi connectivity index (χ4v) is 1.91. The molecule has 0 saturated carbocycles. The normalized spacial score (nSPS) is 12.4. The Balaban J connectivity index is 2.32. The first-order chi connectivity index (χ1) is 7.27. The van der Waals surface area contributed by atoms with Gasteiger partial charge in [0.1, 0.15) is 0 Å². The maximum atomic E-state index is 5.98. The van der Waals surface area contributed by atoms with Crippen molar-refractivity contribution in [1.29, 1.82) is 0 Å². The minimum absolute atomic E-state index is 0.393. The summed E-state index contributed by atoms with van der Waals surface area (Å²) < 4.78 is 0. The summed E-state index contributed by atoms with van der Waals surface area (Å²) in [5.74, 6) is 0.393. The van der Waals surface area contributed by atoms with E-state index >= 15 is 0 Å². The number of hydrogen-bond donors (Lipinski definition) is 0. The first-order valence-electron chi connectivity index (χ1n) is 5.08. The van der Waals surface area contributed by atoms with E-state index in [-0.39, 0.29) is 0 Å². The quantitative estimate of drug-likeness (QED) is 0.694. The van der Waals surface area contributed by atoms with E-state index in [1.54, 1.807) is 0 Å². The van der Waals surface area contributed by atoms with Crippen LogP contribution in [0.5, 0.6) is 0 Å². The van der Waals surface area contributed by atoms with Gasteiger partial charge in [-0.1, -0.05) is 61.0 Å². The van der Waals surface area contributed by atoms with Crippen LogP contribution in [0, 0.1) is 0 Å². The molecule has 0 aromatic heterocycles. The molecular formula is C14H13Cl. The second-order valence-electron chi connectivity index (χ2n) is 3.69. The van der Waals surface area contributed by atoms with Gasteiger partial charge in [0, 0.05) is 10.9 Å². The molecular weight excluding hydrogens is 204 g/mol. The fourth-order valence-electron chi connectivity index (χ4n) is 1.71. The minimum atomic E-state index is 0.393. The van der Waals surface area contributed by atoms with Gasteiger partial charge in [-0.15, -0.1) is 0 Å². The van der Waals surface area contributed by atoms with Gasteiger partial charge in [-0.3, -0.25) is 0 Å². The van der Waals surface area contributed by atoms with Crippen molar-refractivity contribution < 1.29 is 0 Å². The SMILES string of the molecule is CC(c1ccccc1)c1cccc(Cl)c1. The molecule has 2 rings (SSSR count). The Morgan fingerprint density at radius 1 is 0.867 bits per heavy atom. The standard InChI is InChI=1S/C14H13Cl/c1-11(12-6-3-2-4-7-12)13-8-5-9-14(15)10-13/h2-11H,1H3. The van der Waals surface area contributed by atoms with Crippen LogP contribution in [0.4, 0.5) is 0 Å². The Kier molecular flexibility index (Phi) is 3.08. The molecule has 1 atom stereocenters. The lowest BCUT2D eigenvalue weighted by atomic mass is 9.93. The van der Waals surface area contributed by atoms with E-state index in [1.165, 1.54) is 11.1 Å². The largest absolute Gasteiger partial charge is 0.0843 e. The molecule has 0 bridgehead atoms. The van der Waals surface area contributed by atoms with Crippen LogP contribution in [0.2, 0.25) is 5.02 Å². The van der Waals surface area contributed by atoms with Crippen molar-refractivity contribution in [1.82, 2.24) is 0 Å². The summed E-state index contributed by atoms with van der Waals surface area (Å²) in [4.78, 5) is 0. The minimum Gasteiger partial charge on any atom is -0.0843 e. The molecule has 0 fully saturated rings. The van der Waals surface area contributed by atoms with Crippen molar-refractivity contribution in [2.24, 2.45) is 0 Å². The van der Waals surface area contributed by atoms with Crippen LogP contribution in [0.1, 0.15) is 24.0 Å². The monoisotopic (exact) mass is 216 g/mol. The highest BCUT2D eigenvalue weighted by atomic mass is 35.5. The zero-order valence-corrected chi connectivity index (χ0v) is 9.41. The topological polar surface area (TPSA) is 0 Å². The average Bonchev–Trinajstić information content (AvgIpc) is 2.29. The molecule has 0 aliphatic rings. The van der Waals surface area contributed by atoms with Crippen LogP contribution in [0.3, 0.4) is 0 Å². The van der Waals surface area contributed by atoms with Gasteiger partial charge in [0.15, 0.2) is 0 Å². The molecule has 15 heavy (non-hydrogen) atoms. The zero-order valence-electron chi connectivity index (χ0n) is 8.65. The Morgan fingerprint density at radius 2 is 1.53 bits per heavy atom. The highest BCUT2D eigenvalue weighted by Crippen LogP contribution is 2.25. The summed E-state index contributed by atoms with van der Waals surface area (Å²) in [6.45, 7) is 2.20. The van der Waals surface area contributed by atoms with Gasteiger partial charge in [0.25, 0.3) is 0 Å². The van der Waals surface area contributed by atoms with Crippen LogP contribution in [-0.2, 0) is 0 Å². The maximum Gasteiger partial charge on any atom is 0.0408 e. The molecule has 2 aromatic carbocycles. The predicted molar refractivity (Wildman–Crippen MR) is 65.4 cm³/mol.